The van der Waals surface area contributed by atoms with E-state index in [9.17, 15) is 9.59 Å². The summed E-state index contributed by atoms with van der Waals surface area (Å²) in [4.78, 5) is 24.9. The Kier molecular flexibility index (Phi) is 5.72. The van der Waals surface area contributed by atoms with Crippen molar-refractivity contribution >= 4 is 11.8 Å². The van der Waals surface area contributed by atoms with Gasteiger partial charge in [0.25, 0.3) is 5.91 Å². The highest BCUT2D eigenvalue weighted by atomic mass is 16.3. The number of nitrogens with zero attached hydrogens (tertiary/aromatic N) is 1. The zero-order chi connectivity index (χ0) is 15.3. The maximum absolute atomic E-state index is 11.6. The van der Waals surface area contributed by atoms with Crippen LogP contribution >= 0.6 is 0 Å². The van der Waals surface area contributed by atoms with Gasteiger partial charge in [-0.1, -0.05) is 0 Å². The Bertz CT molecular complexity index is 482. The second kappa shape index (κ2) is 7.06. The minimum atomic E-state index is -0.391. The number of carbonyl (C=O) groups excluding carboxylic acids is 2. The molecule has 0 radical (unpaired) electrons. The molecule has 0 atom stereocenters. The number of rotatable bonds is 6. The highest BCUT2D eigenvalue weighted by Gasteiger charge is 2.16. The molecular formula is C13H22N4O3. The molecule has 1 aromatic rings. The number of carbonyl (C=O) groups is 2. The van der Waals surface area contributed by atoms with Crippen LogP contribution in [-0.2, 0) is 11.3 Å². The molecule has 7 heteroatoms. The first-order valence-electron chi connectivity index (χ1n) is 6.41. The number of hydrazine groups is 1. The molecule has 0 saturated carbocycles. The second-order valence-corrected chi connectivity index (χ2v) is 5.05. The maximum Gasteiger partial charge on any atom is 0.268 e. The van der Waals surface area contributed by atoms with Gasteiger partial charge < -0.3 is 9.73 Å². The van der Waals surface area contributed by atoms with Gasteiger partial charge in [0.2, 0.25) is 5.91 Å². The van der Waals surface area contributed by atoms with E-state index >= 15 is 0 Å². The summed E-state index contributed by atoms with van der Waals surface area (Å²) in [6.07, 6.45) is 0. The first-order chi connectivity index (χ1) is 9.33. The van der Waals surface area contributed by atoms with Crippen LogP contribution in [0.25, 0.3) is 0 Å². The second-order valence-electron chi connectivity index (χ2n) is 5.05. The predicted molar refractivity (Wildman–Crippen MR) is 74.7 cm³/mol. The molecule has 4 N–H and O–H groups in total. The Morgan fingerprint density at radius 3 is 2.65 bits per heavy atom. The molecule has 0 spiro atoms. The summed E-state index contributed by atoms with van der Waals surface area (Å²) in [5.74, 6) is 5.76. The number of amides is 2. The molecule has 0 aromatic carbocycles. The standard InChI is InChI=1S/C13H22N4O3/c1-8(2)15-12(18)7-17(4)6-10-5-11(9(3)20-10)13(19)16-14/h5,8H,6-7,14H2,1-4H3,(H,15,18)(H,16,19). The predicted octanol–water partition coefficient (Wildman–Crippen LogP) is 0.148. The number of nitrogens with two attached hydrogens (primary N) is 1. The van der Waals surface area contributed by atoms with Gasteiger partial charge in [0.05, 0.1) is 18.7 Å². The van der Waals surface area contributed by atoms with Crippen molar-refractivity contribution < 1.29 is 14.0 Å². The molecule has 2 amide bonds. The largest absolute Gasteiger partial charge is 0.464 e. The average Bonchev–Trinajstić information content (AvgIpc) is 2.67. The normalized spacial score (nSPS) is 10.9. The van der Waals surface area contributed by atoms with E-state index in [0.717, 1.165) is 0 Å². The minimum absolute atomic E-state index is 0.0503. The summed E-state index contributed by atoms with van der Waals surface area (Å²) in [7, 11) is 1.81. The molecule has 1 aromatic heterocycles. The molecule has 1 rings (SSSR count). The molecule has 1 heterocycles. The summed E-state index contributed by atoms with van der Waals surface area (Å²) in [5.41, 5.74) is 2.47. The van der Waals surface area contributed by atoms with E-state index in [1.54, 1.807) is 24.9 Å². The highest BCUT2D eigenvalue weighted by Crippen LogP contribution is 2.15. The Balaban J connectivity index is 2.60. The number of hydrogen-bond donors (Lipinski definition) is 3. The fourth-order valence-corrected chi connectivity index (χ4v) is 1.86. The SMILES string of the molecule is Cc1oc(CN(C)CC(=O)NC(C)C)cc1C(=O)NN. The monoisotopic (exact) mass is 282 g/mol. The van der Waals surface area contributed by atoms with Crippen molar-refractivity contribution in [1.29, 1.82) is 0 Å². The third kappa shape index (κ3) is 4.67. The molecule has 0 unspecified atom stereocenters. The van der Waals surface area contributed by atoms with Gasteiger partial charge >= 0.3 is 0 Å². The topological polar surface area (TPSA) is 101 Å². The van der Waals surface area contributed by atoms with Crippen LogP contribution in [0.15, 0.2) is 10.5 Å². The fourth-order valence-electron chi connectivity index (χ4n) is 1.86. The third-order valence-electron chi connectivity index (χ3n) is 2.63. The van der Waals surface area contributed by atoms with Crippen molar-refractivity contribution in [3.05, 3.63) is 23.2 Å². The van der Waals surface area contributed by atoms with Crippen LogP contribution in [0.2, 0.25) is 0 Å². The lowest BCUT2D eigenvalue weighted by Crippen LogP contribution is -2.38. The quantitative estimate of drug-likeness (QED) is 0.392. The van der Waals surface area contributed by atoms with E-state index in [1.807, 2.05) is 13.8 Å². The van der Waals surface area contributed by atoms with E-state index in [2.05, 4.69) is 10.7 Å². The van der Waals surface area contributed by atoms with Gasteiger partial charge in [-0.2, -0.15) is 0 Å². The summed E-state index contributed by atoms with van der Waals surface area (Å²) < 4.78 is 5.48. The molecule has 7 nitrogen and oxygen atoms in total. The Hall–Kier alpha value is -1.86. The number of furan rings is 1. The van der Waals surface area contributed by atoms with Gasteiger partial charge in [-0.3, -0.25) is 19.9 Å². The van der Waals surface area contributed by atoms with Crippen LogP contribution in [0.1, 0.15) is 35.7 Å². The zero-order valence-corrected chi connectivity index (χ0v) is 12.3. The van der Waals surface area contributed by atoms with Crippen LogP contribution in [0.4, 0.5) is 0 Å². The maximum atomic E-state index is 11.6. The summed E-state index contributed by atoms with van der Waals surface area (Å²) in [5, 5.41) is 2.81. The van der Waals surface area contributed by atoms with E-state index in [4.69, 9.17) is 10.3 Å². The van der Waals surface area contributed by atoms with Gasteiger partial charge in [-0.25, -0.2) is 5.84 Å². The van der Waals surface area contributed by atoms with E-state index in [0.29, 0.717) is 23.6 Å². The van der Waals surface area contributed by atoms with Gasteiger partial charge in [0.15, 0.2) is 0 Å². The molecule has 0 saturated heterocycles. The summed E-state index contributed by atoms with van der Waals surface area (Å²) in [6, 6.07) is 1.75. The van der Waals surface area contributed by atoms with Crippen molar-refractivity contribution in [2.24, 2.45) is 5.84 Å². The van der Waals surface area contributed by atoms with Gasteiger partial charge in [0, 0.05) is 6.04 Å². The lowest BCUT2D eigenvalue weighted by molar-refractivity contribution is -0.122. The van der Waals surface area contributed by atoms with Gasteiger partial charge in [0.1, 0.15) is 11.5 Å². The van der Waals surface area contributed by atoms with Gasteiger partial charge in [-0.15, -0.1) is 0 Å². The summed E-state index contributed by atoms with van der Waals surface area (Å²) in [6.45, 7) is 6.21. The lowest BCUT2D eigenvalue weighted by atomic mass is 10.2. The van der Waals surface area contributed by atoms with Crippen LogP contribution in [-0.4, -0.2) is 36.3 Å². The Labute approximate surface area is 118 Å². The Morgan fingerprint density at radius 1 is 1.45 bits per heavy atom. The van der Waals surface area contributed by atoms with Crippen molar-refractivity contribution in [3.8, 4) is 0 Å². The molecule has 0 bridgehead atoms. The minimum Gasteiger partial charge on any atom is -0.464 e. The van der Waals surface area contributed by atoms with Crippen LogP contribution in [0.3, 0.4) is 0 Å². The van der Waals surface area contributed by atoms with E-state index in [1.165, 1.54) is 0 Å². The summed E-state index contributed by atoms with van der Waals surface area (Å²) >= 11 is 0. The smallest absolute Gasteiger partial charge is 0.268 e. The lowest BCUT2D eigenvalue weighted by Gasteiger charge is -2.16. The molecule has 112 valence electrons. The van der Waals surface area contributed by atoms with Crippen molar-refractivity contribution in [2.75, 3.05) is 13.6 Å². The third-order valence-corrected chi connectivity index (χ3v) is 2.63. The molecule has 0 aliphatic rings. The first kappa shape index (κ1) is 16.2. The highest BCUT2D eigenvalue weighted by molar-refractivity contribution is 5.94. The number of hydrogen-bond acceptors (Lipinski definition) is 5. The van der Waals surface area contributed by atoms with Crippen LogP contribution < -0.4 is 16.6 Å². The van der Waals surface area contributed by atoms with Crippen LogP contribution in [0.5, 0.6) is 0 Å². The average molecular weight is 282 g/mol. The van der Waals surface area contributed by atoms with Crippen molar-refractivity contribution in [2.45, 2.75) is 33.4 Å². The molecular weight excluding hydrogens is 260 g/mol. The number of likely N-dealkylation sites (N-methyl/N-ethyl adjacent to an activating group) is 1. The van der Waals surface area contributed by atoms with Crippen molar-refractivity contribution in [3.63, 3.8) is 0 Å². The fraction of sp³-hybridized carbons (Fsp3) is 0.538. The number of nitrogen functional groups attached to an aromatic ring is 1. The molecule has 0 fully saturated rings. The van der Waals surface area contributed by atoms with Crippen molar-refractivity contribution in [1.82, 2.24) is 15.6 Å². The molecule has 0 aliphatic carbocycles. The molecule has 20 heavy (non-hydrogen) atoms. The Morgan fingerprint density at radius 2 is 2.10 bits per heavy atom. The number of nitrogens with one attached hydrogen (secondary N) is 2. The first-order valence-corrected chi connectivity index (χ1v) is 6.41. The van der Waals surface area contributed by atoms with E-state index < -0.39 is 5.91 Å². The molecule has 0 aliphatic heterocycles. The number of aryl methyl sites for hydroxylation is 1. The van der Waals surface area contributed by atoms with E-state index in [-0.39, 0.29) is 18.5 Å². The van der Waals surface area contributed by atoms with Crippen LogP contribution in [0, 0.1) is 6.92 Å². The van der Waals surface area contributed by atoms with Gasteiger partial charge in [-0.05, 0) is 33.9 Å². The zero-order valence-electron chi connectivity index (χ0n) is 12.3.